The molecule has 0 spiro atoms. The molecule has 0 heterocycles. The predicted molar refractivity (Wildman–Crippen MR) is 82.2 cm³/mol. The number of phenolic OH excluding ortho intramolecular Hbond substituents is 1. The van der Waals surface area contributed by atoms with Crippen molar-refractivity contribution in [2.45, 2.75) is 0 Å². The first-order chi connectivity index (χ1) is 9.61. The highest BCUT2D eigenvalue weighted by Gasteiger charge is 2.07. The Morgan fingerprint density at radius 3 is 2.70 bits per heavy atom. The molecule has 3 nitrogen and oxygen atoms in total. The molecule has 0 saturated carbocycles. The Kier molecular flexibility index (Phi) is 4.58. The van der Waals surface area contributed by atoms with Crippen molar-refractivity contribution in [2.24, 2.45) is 0 Å². The Labute approximate surface area is 125 Å². The maximum Gasteiger partial charge on any atom is 0.185 e. The van der Waals surface area contributed by atoms with Gasteiger partial charge in [-0.15, -0.1) is 0 Å². The molecule has 0 saturated heterocycles. The fourth-order valence-corrected chi connectivity index (χ4v) is 2.12. The molecule has 0 unspecified atom stereocenters. The van der Waals surface area contributed by atoms with Crippen LogP contribution < -0.4 is 4.74 Å². The van der Waals surface area contributed by atoms with Crippen LogP contribution in [0.4, 0.5) is 0 Å². The molecule has 0 amide bonds. The molecule has 0 aliphatic rings. The molecule has 0 aromatic heterocycles. The number of aromatic hydroxyl groups is 1. The Hall–Kier alpha value is -2.07. The van der Waals surface area contributed by atoms with Gasteiger partial charge in [0.2, 0.25) is 0 Å². The van der Waals surface area contributed by atoms with Crippen LogP contribution in [-0.4, -0.2) is 18.0 Å². The number of methoxy groups -OCH3 is 1. The molecule has 0 radical (unpaired) electrons. The molecule has 0 atom stereocenters. The maximum atomic E-state index is 12.1. The van der Waals surface area contributed by atoms with Gasteiger partial charge in [0.05, 0.1) is 7.11 Å². The summed E-state index contributed by atoms with van der Waals surface area (Å²) >= 11 is 3.42. The van der Waals surface area contributed by atoms with E-state index in [-0.39, 0.29) is 17.3 Å². The van der Waals surface area contributed by atoms with E-state index in [1.54, 1.807) is 12.1 Å². The summed E-state index contributed by atoms with van der Waals surface area (Å²) < 4.78 is 5.91. The summed E-state index contributed by atoms with van der Waals surface area (Å²) in [6.07, 6.45) is 3.23. The van der Waals surface area contributed by atoms with Crippen LogP contribution in [0.2, 0.25) is 0 Å². The summed E-state index contributed by atoms with van der Waals surface area (Å²) in [7, 11) is 1.44. The molecule has 20 heavy (non-hydrogen) atoms. The zero-order chi connectivity index (χ0) is 14.5. The lowest BCUT2D eigenvalue weighted by atomic mass is 10.1. The van der Waals surface area contributed by atoms with Crippen molar-refractivity contribution in [2.75, 3.05) is 7.11 Å². The monoisotopic (exact) mass is 332 g/mol. The lowest BCUT2D eigenvalue weighted by molar-refractivity contribution is 0.104. The summed E-state index contributed by atoms with van der Waals surface area (Å²) in [5.74, 6) is 0.142. The van der Waals surface area contributed by atoms with Crippen molar-refractivity contribution in [1.82, 2.24) is 0 Å². The highest BCUT2D eigenvalue weighted by molar-refractivity contribution is 9.10. The molecule has 0 fully saturated rings. The van der Waals surface area contributed by atoms with Gasteiger partial charge < -0.3 is 9.84 Å². The number of carbonyl (C=O) groups excluding carboxylic acids is 1. The number of halogens is 1. The van der Waals surface area contributed by atoms with Gasteiger partial charge in [0.15, 0.2) is 17.3 Å². The van der Waals surface area contributed by atoms with Crippen molar-refractivity contribution >= 4 is 27.8 Å². The van der Waals surface area contributed by atoms with Crippen LogP contribution >= 0.6 is 15.9 Å². The first kappa shape index (κ1) is 14.3. The van der Waals surface area contributed by atoms with Crippen molar-refractivity contribution in [3.05, 3.63) is 64.1 Å². The van der Waals surface area contributed by atoms with Crippen LogP contribution in [0.25, 0.3) is 6.08 Å². The second-order valence-corrected chi connectivity index (χ2v) is 4.96. The number of hydrogen-bond donors (Lipinski definition) is 1. The molecule has 1 N–H and O–H groups in total. The van der Waals surface area contributed by atoms with Gasteiger partial charge in [0.1, 0.15) is 0 Å². The number of ether oxygens (including phenoxy) is 1. The van der Waals surface area contributed by atoms with Crippen molar-refractivity contribution in [3.8, 4) is 11.5 Å². The van der Waals surface area contributed by atoms with Gasteiger partial charge in [-0.2, -0.15) is 0 Å². The van der Waals surface area contributed by atoms with E-state index in [4.69, 9.17) is 4.74 Å². The number of allylic oxidation sites excluding steroid dienone is 1. The quantitative estimate of drug-likeness (QED) is 0.678. The van der Waals surface area contributed by atoms with E-state index in [0.29, 0.717) is 5.56 Å². The number of ketones is 1. The summed E-state index contributed by atoms with van der Waals surface area (Å²) in [5.41, 5.74) is 1.38. The Bertz CT molecular complexity index is 663. The number of phenols is 1. The third-order valence-electron chi connectivity index (χ3n) is 2.78. The highest BCUT2D eigenvalue weighted by atomic mass is 79.9. The Balaban J connectivity index is 2.22. The molecule has 2 aromatic rings. The van der Waals surface area contributed by atoms with Gasteiger partial charge in [-0.25, -0.2) is 0 Å². The summed E-state index contributed by atoms with van der Waals surface area (Å²) in [5, 5.41) is 9.50. The van der Waals surface area contributed by atoms with Gasteiger partial charge in [0.25, 0.3) is 0 Å². The first-order valence-corrected chi connectivity index (χ1v) is 6.75. The van der Waals surface area contributed by atoms with E-state index in [0.717, 1.165) is 10.0 Å². The molecule has 0 aliphatic carbocycles. The van der Waals surface area contributed by atoms with Gasteiger partial charge >= 0.3 is 0 Å². The van der Waals surface area contributed by atoms with Gasteiger partial charge in [0, 0.05) is 10.0 Å². The molecule has 0 bridgehead atoms. The normalized spacial score (nSPS) is 10.7. The third-order valence-corrected chi connectivity index (χ3v) is 3.51. The van der Waals surface area contributed by atoms with Crippen LogP contribution in [0.3, 0.4) is 0 Å². The first-order valence-electron chi connectivity index (χ1n) is 5.96. The second kappa shape index (κ2) is 6.39. The topological polar surface area (TPSA) is 46.5 Å². The minimum Gasteiger partial charge on any atom is -0.504 e. The van der Waals surface area contributed by atoms with Crippen LogP contribution in [0, 0.1) is 0 Å². The number of carbonyl (C=O) groups is 1. The maximum absolute atomic E-state index is 12.1. The summed E-state index contributed by atoms with van der Waals surface area (Å²) in [6, 6.07) is 12.1. The summed E-state index contributed by atoms with van der Waals surface area (Å²) in [4.78, 5) is 12.1. The Morgan fingerprint density at radius 2 is 2.00 bits per heavy atom. The third kappa shape index (κ3) is 3.27. The average Bonchev–Trinajstić information content (AvgIpc) is 2.46. The number of rotatable bonds is 4. The van der Waals surface area contributed by atoms with E-state index in [9.17, 15) is 9.90 Å². The van der Waals surface area contributed by atoms with Crippen molar-refractivity contribution in [3.63, 3.8) is 0 Å². The van der Waals surface area contributed by atoms with Crippen LogP contribution in [-0.2, 0) is 0 Å². The second-order valence-electron chi connectivity index (χ2n) is 4.11. The van der Waals surface area contributed by atoms with E-state index in [1.807, 2.05) is 24.3 Å². The fraction of sp³-hybridized carbons (Fsp3) is 0.0625. The minimum atomic E-state index is -0.154. The van der Waals surface area contributed by atoms with Gasteiger partial charge in [-0.3, -0.25) is 4.79 Å². The zero-order valence-corrected chi connectivity index (χ0v) is 12.4. The lowest BCUT2D eigenvalue weighted by Gasteiger charge is -2.04. The van der Waals surface area contributed by atoms with E-state index in [1.165, 1.54) is 25.3 Å². The average molecular weight is 333 g/mol. The number of benzene rings is 2. The summed E-state index contributed by atoms with van der Waals surface area (Å²) in [6.45, 7) is 0. The van der Waals surface area contributed by atoms with Crippen LogP contribution in [0.5, 0.6) is 11.5 Å². The largest absolute Gasteiger partial charge is 0.504 e. The Morgan fingerprint density at radius 1 is 1.25 bits per heavy atom. The van der Waals surface area contributed by atoms with E-state index >= 15 is 0 Å². The molecular formula is C16H13BrO3. The fourth-order valence-electron chi connectivity index (χ4n) is 1.70. The minimum absolute atomic E-state index is 0.0128. The molecule has 4 heteroatoms. The zero-order valence-electron chi connectivity index (χ0n) is 10.8. The molecular weight excluding hydrogens is 320 g/mol. The molecule has 2 aromatic carbocycles. The smallest absolute Gasteiger partial charge is 0.185 e. The lowest BCUT2D eigenvalue weighted by Crippen LogP contribution is -1.95. The molecule has 102 valence electrons. The van der Waals surface area contributed by atoms with E-state index in [2.05, 4.69) is 15.9 Å². The van der Waals surface area contributed by atoms with Gasteiger partial charge in [-0.1, -0.05) is 34.1 Å². The SMILES string of the molecule is COc1cc(C(=O)/C=C/c2ccccc2Br)ccc1O. The van der Waals surface area contributed by atoms with Crippen molar-refractivity contribution < 1.29 is 14.6 Å². The number of hydrogen-bond acceptors (Lipinski definition) is 3. The highest BCUT2D eigenvalue weighted by Crippen LogP contribution is 2.26. The molecule has 0 aliphatic heterocycles. The van der Waals surface area contributed by atoms with Crippen LogP contribution in [0.1, 0.15) is 15.9 Å². The predicted octanol–water partition coefficient (Wildman–Crippen LogP) is 4.06. The standard InChI is InChI=1S/C16H13BrO3/c1-20-16-10-12(7-9-15(16)19)14(18)8-6-11-4-2-3-5-13(11)17/h2-10,19H,1H3/b8-6+. The molecule has 2 rings (SSSR count). The van der Waals surface area contributed by atoms with E-state index < -0.39 is 0 Å². The van der Waals surface area contributed by atoms with Crippen LogP contribution in [0.15, 0.2) is 53.0 Å². The van der Waals surface area contributed by atoms with Gasteiger partial charge in [-0.05, 0) is 42.0 Å². The van der Waals surface area contributed by atoms with Crippen molar-refractivity contribution in [1.29, 1.82) is 0 Å².